The smallest absolute Gasteiger partial charge is 0.171 e. The van der Waals surface area contributed by atoms with Crippen molar-refractivity contribution in [3.8, 4) is 0 Å². The lowest BCUT2D eigenvalue weighted by Gasteiger charge is -2.10. The fourth-order valence-electron chi connectivity index (χ4n) is 1.80. The van der Waals surface area contributed by atoms with Gasteiger partial charge in [0.25, 0.3) is 0 Å². The lowest BCUT2D eigenvalue weighted by atomic mass is 10.3. The van der Waals surface area contributed by atoms with E-state index in [4.69, 9.17) is 35.4 Å². The molecule has 0 aliphatic rings. The van der Waals surface area contributed by atoms with E-state index in [1.54, 1.807) is 22.9 Å². The number of nitrogens with zero attached hydrogens (tertiary/aromatic N) is 2. The molecule has 1 heterocycles. The normalized spacial score (nSPS) is 10.4. The van der Waals surface area contributed by atoms with Crippen LogP contribution in [0.15, 0.2) is 24.4 Å². The molecule has 106 valence electrons. The zero-order chi connectivity index (χ0) is 14.7. The number of anilines is 1. The summed E-state index contributed by atoms with van der Waals surface area (Å²) in [5.41, 5.74) is 2.83. The first kappa shape index (κ1) is 15.1. The Balaban J connectivity index is 1.94. The fraction of sp³-hybridized carbons (Fsp3) is 0.231. The number of hydrogen-bond acceptors (Lipinski definition) is 2. The first-order chi connectivity index (χ1) is 9.44. The van der Waals surface area contributed by atoms with Crippen molar-refractivity contribution in [2.75, 3.05) is 5.32 Å². The molecule has 1 aromatic carbocycles. The maximum Gasteiger partial charge on any atom is 0.171 e. The standard InChI is InChI=1S/C13H14Cl2N4S/c1-8-9(7-19(2)18-8)6-16-13(20)17-12-4-10(14)3-11(15)5-12/h3-5,7H,6H2,1-2H3,(H2,16,17,20). The Labute approximate surface area is 133 Å². The van der Waals surface area contributed by atoms with Crippen LogP contribution in [0.5, 0.6) is 0 Å². The lowest BCUT2D eigenvalue weighted by Crippen LogP contribution is -2.28. The molecule has 0 atom stereocenters. The van der Waals surface area contributed by atoms with Gasteiger partial charge in [0, 0.05) is 41.1 Å². The minimum absolute atomic E-state index is 0.506. The van der Waals surface area contributed by atoms with E-state index >= 15 is 0 Å². The van der Waals surface area contributed by atoms with Gasteiger partial charge < -0.3 is 10.6 Å². The van der Waals surface area contributed by atoms with E-state index in [0.29, 0.717) is 21.7 Å². The highest BCUT2D eigenvalue weighted by Crippen LogP contribution is 2.22. The average molecular weight is 329 g/mol. The molecule has 1 aromatic heterocycles. The summed E-state index contributed by atoms with van der Waals surface area (Å²) in [6.07, 6.45) is 1.96. The van der Waals surface area contributed by atoms with Gasteiger partial charge in [-0.25, -0.2) is 0 Å². The lowest BCUT2D eigenvalue weighted by molar-refractivity contribution is 0.756. The molecule has 0 spiro atoms. The van der Waals surface area contributed by atoms with Crippen molar-refractivity contribution >= 4 is 46.2 Å². The third-order valence-electron chi connectivity index (χ3n) is 2.67. The Morgan fingerprint density at radius 3 is 2.50 bits per heavy atom. The summed E-state index contributed by atoms with van der Waals surface area (Å²) in [5, 5.41) is 12.1. The first-order valence-corrected chi connectivity index (χ1v) is 7.10. The first-order valence-electron chi connectivity index (χ1n) is 5.94. The van der Waals surface area contributed by atoms with E-state index in [1.807, 2.05) is 20.2 Å². The Hall–Kier alpha value is -1.30. The largest absolute Gasteiger partial charge is 0.358 e. The molecule has 2 N–H and O–H groups in total. The van der Waals surface area contributed by atoms with Crippen molar-refractivity contribution in [1.82, 2.24) is 15.1 Å². The van der Waals surface area contributed by atoms with Gasteiger partial charge in [0.15, 0.2) is 5.11 Å². The van der Waals surface area contributed by atoms with Gasteiger partial charge in [0.2, 0.25) is 0 Å². The van der Waals surface area contributed by atoms with E-state index in [-0.39, 0.29) is 0 Å². The van der Waals surface area contributed by atoms with Crippen LogP contribution in [0.25, 0.3) is 0 Å². The van der Waals surface area contributed by atoms with E-state index in [0.717, 1.165) is 16.9 Å². The van der Waals surface area contributed by atoms with Crippen LogP contribution in [0.1, 0.15) is 11.3 Å². The molecule has 0 saturated carbocycles. The number of aromatic nitrogens is 2. The monoisotopic (exact) mass is 328 g/mol. The Bertz CT molecular complexity index is 619. The van der Waals surface area contributed by atoms with Crippen molar-refractivity contribution in [1.29, 1.82) is 0 Å². The van der Waals surface area contributed by atoms with Gasteiger partial charge in [0.05, 0.1) is 5.69 Å². The van der Waals surface area contributed by atoms with Crippen LogP contribution in [-0.2, 0) is 13.6 Å². The van der Waals surface area contributed by atoms with Crippen molar-refractivity contribution in [2.45, 2.75) is 13.5 Å². The predicted molar refractivity (Wildman–Crippen MR) is 87.5 cm³/mol. The van der Waals surface area contributed by atoms with E-state index in [1.165, 1.54) is 0 Å². The van der Waals surface area contributed by atoms with Gasteiger partial charge in [0.1, 0.15) is 0 Å². The van der Waals surface area contributed by atoms with Crippen LogP contribution >= 0.6 is 35.4 Å². The topological polar surface area (TPSA) is 41.9 Å². The second kappa shape index (κ2) is 6.43. The number of benzene rings is 1. The van der Waals surface area contributed by atoms with E-state index in [9.17, 15) is 0 Å². The summed E-state index contributed by atoms with van der Waals surface area (Å²) in [4.78, 5) is 0. The molecular formula is C13H14Cl2N4S. The van der Waals surface area contributed by atoms with Gasteiger partial charge in [-0.2, -0.15) is 5.10 Å². The number of halogens is 2. The van der Waals surface area contributed by atoms with Gasteiger partial charge in [-0.05, 0) is 37.3 Å². The minimum Gasteiger partial charge on any atom is -0.358 e. The van der Waals surface area contributed by atoms with Gasteiger partial charge >= 0.3 is 0 Å². The number of aryl methyl sites for hydroxylation is 2. The molecule has 4 nitrogen and oxygen atoms in total. The van der Waals surface area contributed by atoms with Gasteiger partial charge in [-0.15, -0.1) is 0 Å². The van der Waals surface area contributed by atoms with E-state index in [2.05, 4.69) is 15.7 Å². The number of thiocarbonyl (C=S) groups is 1. The van der Waals surface area contributed by atoms with Gasteiger partial charge in [-0.3, -0.25) is 4.68 Å². The van der Waals surface area contributed by atoms with Crippen molar-refractivity contribution < 1.29 is 0 Å². The SMILES string of the molecule is Cc1nn(C)cc1CNC(=S)Nc1cc(Cl)cc(Cl)c1. The molecule has 0 fully saturated rings. The maximum atomic E-state index is 5.93. The molecule has 2 rings (SSSR count). The summed E-state index contributed by atoms with van der Waals surface area (Å²) in [5.74, 6) is 0. The van der Waals surface area contributed by atoms with Gasteiger partial charge in [-0.1, -0.05) is 23.2 Å². The molecule has 0 unspecified atom stereocenters. The Kier molecular flexibility index (Phi) is 4.86. The highest BCUT2D eigenvalue weighted by atomic mass is 35.5. The fourth-order valence-corrected chi connectivity index (χ4v) is 2.52. The summed E-state index contributed by atoms with van der Waals surface area (Å²) >= 11 is 17.1. The molecular weight excluding hydrogens is 315 g/mol. The molecule has 0 bridgehead atoms. The third-order valence-corrected chi connectivity index (χ3v) is 3.36. The van der Waals surface area contributed by atoms with E-state index < -0.39 is 0 Å². The molecule has 0 radical (unpaired) electrons. The Morgan fingerprint density at radius 1 is 1.30 bits per heavy atom. The van der Waals surface area contributed by atoms with Crippen LogP contribution in [0.2, 0.25) is 10.0 Å². The quantitative estimate of drug-likeness (QED) is 0.846. The summed E-state index contributed by atoms with van der Waals surface area (Å²) in [6.45, 7) is 2.57. The summed E-state index contributed by atoms with van der Waals surface area (Å²) in [7, 11) is 1.89. The number of hydrogen-bond donors (Lipinski definition) is 2. The summed E-state index contributed by atoms with van der Waals surface area (Å²) in [6, 6.07) is 5.19. The average Bonchev–Trinajstić information content (AvgIpc) is 2.64. The van der Waals surface area contributed by atoms with Crippen LogP contribution in [0, 0.1) is 6.92 Å². The second-order valence-corrected chi connectivity index (χ2v) is 5.66. The van der Waals surface area contributed by atoms with Crippen molar-refractivity contribution in [2.24, 2.45) is 7.05 Å². The van der Waals surface area contributed by atoms with Crippen LogP contribution < -0.4 is 10.6 Å². The molecule has 0 aliphatic carbocycles. The van der Waals surface area contributed by atoms with Crippen molar-refractivity contribution in [3.63, 3.8) is 0 Å². The molecule has 0 amide bonds. The molecule has 0 saturated heterocycles. The highest BCUT2D eigenvalue weighted by Gasteiger charge is 2.05. The third kappa shape index (κ3) is 4.10. The predicted octanol–water partition coefficient (Wildman–Crippen LogP) is 3.52. The maximum absolute atomic E-state index is 5.93. The zero-order valence-electron chi connectivity index (χ0n) is 11.1. The summed E-state index contributed by atoms with van der Waals surface area (Å²) < 4.78 is 1.78. The zero-order valence-corrected chi connectivity index (χ0v) is 13.4. The second-order valence-electron chi connectivity index (χ2n) is 4.38. The minimum atomic E-state index is 0.506. The molecule has 2 aromatic rings. The molecule has 0 aliphatic heterocycles. The van der Waals surface area contributed by atoms with Crippen LogP contribution in [0.4, 0.5) is 5.69 Å². The highest BCUT2D eigenvalue weighted by molar-refractivity contribution is 7.80. The molecule has 20 heavy (non-hydrogen) atoms. The number of rotatable bonds is 3. The number of nitrogens with one attached hydrogen (secondary N) is 2. The van der Waals surface area contributed by atoms with Crippen LogP contribution in [0.3, 0.4) is 0 Å². The van der Waals surface area contributed by atoms with Crippen LogP contribution in [-0.4, -0.2) is 14.9 Å². The Morgan fingerprint density at radius 2 is 1.95 bits per heavy atom. The van der Waals surface area contributed by atoms with Crippen molar-refractivity contribution in [3.05, 3.63) is 45.7 Å². The molecule has 7 heteroatoms.